The Bertz CT molecular complexity index is 677. The van der Waals surface area contributed by atoms with Gasteiger partial charge in [-0.2, -0.15) is 8.78 Å². The van der Waals surface area contributed by atoms with Gasteiger partial charge < -0.3 is 25.0 Å². The van der Waals surface area contributed by atoms with E-state index in [9.17, 15) is 13.6 Å². The number of aryl methyl sites for hydroxylation is 1. The lowest BCUT2D eigenvalue weighted by molar-refractivity contribution is -0.127. The van der Waals surface area contributed by atoms with Crippen LogP contribution in [0, 0.1) is 6.92 Å². The summed E-state index contributed by atoms with van der Waals surface area (Å²) in [5.41, 5.74) is 1.45. The van der Waals surface area contributed by atoms with Gasteiger partial charge in [0.25, 0.3) is 0 Å². The van der Waals surface area contributed by atoms with E-state index >= 15 is 0 Å². The molecule has 7 nitrogen and oxygen atoms in total. The van der Waals surface area contributed by atoms with Crippen molar-refractivity contribution in [3.05, 3.63) is 29.3 Å². The second kappa shape index (κ2) is 10.8. The number of nitrogens with one attached hydrogen (secondary N) is 2. The normalized spacial score (nSPS) is 16.9. The molecule has 1 aromatic rings. The maximum Gasteiger partial charge on any atom is 0.387 e. The zero-order valence-electron chi connectivity index (χ0n) is 16.5. The molecular formula is C19H28F2N4O3. The van der Waals surface area contributed by atoms with Gasteiger partial charge >= 0.3 is 6.61 Å². The van der Waals surface area contributed by atoms with E-state index in [1.807, 2.05) is 6.92 Å². The van der Waals surface area contributed by atoms with Crippen LogP contribution in [0.3, 0.4) is 0 Å². The molecule has 28 heavy (non-hydrogen) atoms. The number of carbonyl (C=O) groups excluding carboxylic acids is 1. The van der Waals surface area contributed by atoms with E-state index in [1.165, 1.54) is 11.0 Å². The van der Waals surface area contributed by atoms with Gasteiger partial charge in [0, 0.05) is 32.8 Å². The maximum absolute atomic E-state index is 12.6. The number of carbonyl (C=O) groups is 1. The Balaban J connectivity index is 2.08. The number of likely N-dealkylation sites (N-methyl/N-ethyl adjacent to an activating group) is 1. The first kappa shape index (κ1) is 21.9. The third-order valence-electron chi connectivity index (χ3n) is 4.27. The van der Waals surface area contributed by atoms with Crippen molar-refractivity contribution in [3.63, 3.8) is 0 Å². The van der Waals surface area contributed by atoms with Gasteiger partial charge in [0.1, 0.15) is 5.75 Å². The van der Waals surface area contributed by atoms with Crippen LogP contribution >= 0.6 is 0 Å². The van der Waals surface area contributed by atoms with Crippen LogP contribution in [0.5, 0.6) is 5.75 Å². The smallest absolute Gasteiger partial charge is 0.387 e. The summed E-state index contributed by atoms with van der Waals surface area (Å²) in [7, 11) is 3.34. The number of guanidine groups is 1. The van der Waals surface area contributed by atoms with Gasteiger partial charge in [-0.1, -0.05) is 17.7 Å². The molecule has 2 N–H and O–H groups in total. The third-order valence-corrected chi connectivity index (χ3v) is 4.27. The van der Waals surface area contributed by atoms with Gasteiger partial charge in [-0.15, -0.1) is 0 Å². The third kappa shape index (κ3) is 7.30. The van der Waals surface area contributed by atoms with Crippen molar-refractivity contribution in [1.82, 2.24) is 15.5 Å². The molecule has 1 atom stereocenters. The maximum atomic E-state index is 12.6. The standard InChI is InChI=1S/C19H28F2N4O3/c1-13-6-7-16(28-18(20)21)14(9-13)10-22-19(24-12-17(26)25(2)3)23-11-15-5-4-8-27-15/h6-7,9,15,18H,4-5,8,10-12H2,1-3H3,(H2,22,23,24). The van der Waals surface area contributed by atoms with Crippen LogP contribution < -0.4 is 15.4 Å². The lowest BCUT2D eigenvalue weighted by atomic mass is 10.1. The highest BCUT2D eigenvalue weighted by Gasteiger charge is 2.16. The van der Waals surface area contributed by atoms with Crippen LogP contribution in [0.1, 0.15) is 24.0 Å². The summed E-state index contributed by atoms with van der Waals surface area (Å²) in [6, 6.07) is 4.97. The molecule has 156 valence electrons. The number of halogens is 2. The highest BCUT2D eigenvalue weighted by Crippen LogP contribution is 2.23. The number of alkyl halides is 2. The van der Waals surface area contributed by atoms with Crippen LogP contribution in [-0.2, 0) is 16.1 Å². The van der Waals surface area contributed by atoms with Crippen LogP contribution in [-0.4, -0.2) is 63.3 Å². The molecule has 0 aromatic heterocycles. The number of nitrogens with zero attached hydrogens (tertiary/aromatic N) is 2. The summed E-state index contributed by atoms with van der Waals surface area (Å²) < 4.78 is 35.4. The van der Waals surface area contributed by atoms with E-state index in [2.05, 4.69) is 20.4 Å². The minimum Gasteiger partial charge on any atom is -0.434 e. The van der Waals surface area contributed by atoms with E-state index in [4.69, 9.17) is 4.74 Å². The predicted molar refractivity (Wildman–Crippen MR) is 103 cm³/mol. The van der Waals surface area contributed by atoms with Crippen LogP contribution in [0.15, 0.2) is 23.2 Å². The van der Waals surface area contributed by atoms with Gasteiger partial charge in [-0.25, -0.2) is 4.99 Å². The average molecular weight is 398 g/mol. The summed E-state index contributed by atoms with van der Waals surface area (Å²) >= 11 is 0. The highest BCUT2D eigenvalue weighted by atomic mass is 19.3. The molecule has 1 fully saturated rings. The second-order valence-corrected chi connectivity index (χ2v) is 6.81. The number of rotatable bonds is 8. The molecule has 1 saturated heterocycles. The fraction of sp³-hybridized carbons (Fsp3) is 0.579. The van der Waals surface area contributed by atoms with Crippen LogP contribution in [0.4, 0.5) is 8.78 Å². The highest BCUT2D eigenvalue weighted by molar-refractivity contribution is 5.86. The fourth-order valence-electron chi connectivity index (χ4n) is 2.71. The first-order valence-corrected chi connectivity index (χ1v) is 9.23. The Hall–Kier alpha value is -2.42. The van der Waals surface area contributed by atoms with Crippen molar-refractivity contribution in [1.29, 1.82) is 0 Å². The Morgan fingerprint density at radius 1 is 1.39 bits per heavy atom. The molecule has 0 aliphatic carbocycles. The van der Waals surface area contributed by atoms with E-state index in [0.717, 1.165) is 25.0 Å². The first-order chi connectivity index (χ1) is 13.3. The SMILES string of the molecule is Cc1ccc(OC(F)F)c(CN=C(NCC(=O)N(C)C)NCC2CCCO2)c1. The predicted octanol–water partition coefficient (Wildman–Crippen LogP) is 1.90. The topological polar surface area (TPSA) is 75.2 Å². The van der Waals surface area contributed by atoms with Gasteiger partial charge in [0.15, 0.2) is 5.96 Å². The van der Waals surface area contributed by atoms with Crippen molar-refractivity contribution in [2.45, 2.75) is 39.0 Å². The van der Waals surface area contributed by atoms with Gasteiger partial charge in [0.05, 0.1) is 19.2 Å². The van der Waals surface area contributed by atoms with Gasteiger partial charge in [-0.05, 0) is 25.8 Å². The van der Waals surface area contributed by atoms with Crippen molar-refractivity contribution >= 4 is 11.9 Å². The fourth-order valence-corrected chi connectivity index (χ4v) is 2.71. The summed E-state index contributed by atoms with van der Waals surface area (Å²) in [6.45, 7) is 0.445. The summed E-state index contributed by atoms with van der Waals surface area (Å²) in [5, 5.41) is 6.13. The Morgan fingerprint density at radius 3 is 2.82 bits per heavy atom. The zero-order valence-corrected chi connectivity index (χ0v) is 16.5. The molecule has 0 spiro atoms. The molecule has 1 amide bonds. The van der Waals surface area contributed by atoms with Crippen LogP contribution in [0.2, 0.25) is 0 Å². The molecule has 1 unspecified atom stereocenters. The largest absolute Gasteiger partial charge is 0.434 e. The monoisotopic (exact) mass is 398 g/mol. The first-order valence-electron chi connectivity index (χ1n) is 9.23. The van der Waals surface area contributed by atoms with E-state index in [1.54, 1.807) is 26.2 Å². The molecule has 1 aliphatic rings. The number of benzene rings is 1. The molecule has 1 aromatic carbocycles. The van der Waals surface area contributed by atoms with Crippen molar-refractivity contribution in [2.24, 2.45) is 4.99 Å². The molecular weight excluding hydrogens is 370 g/mol. The van der Waals surface area contributed by atoms with Crippen molar-refractivity contribution < 1.29 is 23.0 Å². The number of amides is 1. The molecule has 0 bridgehead atoms. The summed E-state index contributed by atoms with van der Waals surface area (Å²) in [6.07, 6.45) is 2.07. The minimum atomic E-state index is -2.90. The summed E-state index contributed by atoms with van der Waals surface area (Å²) in [5.74, 6) is 0.395. The minimum absolute atomic E-state index is 0.0680. The summed E-state index contributed by atoms with van der Waals surface area (Å²) in [4.78, 5) is 17.8. The number of ether oxygens (including phenoxy) is 2. The van der Waals surface area contributed by atoms with Crippen molar-refractivity contribution in [2.75, 3.05) is 33.8 Å². The Morgan fingerprint density at radius 2 is 2.18 bits per heavy atom. The molecule has 1 aliphatic heterocycles. The van der Waals surface area contributed by atoms with E-state index < -0.39 is 6.61 Å². The van der Waals surface area contributed by atoms with Gasteiger partial charge in [0.2, 0.25) is 5.91 Å². The quantitative estimate of drug-likeness (QED) is 0.517. The average Bonchev–Trinajstić information content (AvgIpc) is 3.15. The van der Waals surface area contributed by atoms with Gasteiger partial charge in [-0.3, -0.25) is 4.79 Å². The van der Waals surface area contributed by atoms with E-state index in [-0.39, 0.29) is 30.9 Å². The Kier molecular flexibility index (Phi) is 8.43. The second-order valence-electron chi connectivity index (χ2n) is 6.81. The van der Waals surface area contributed by atoms with E-state index in [0.29, 0.717) is 18.1 Å². The number of hydrogen-bond acceptors (Lipinski definition) is 4. The molecule has 9 heteroatoms. The lowest BCUT2D eigenvalue weighted by Crippen LogP contribution is -2.45. The number of hydrogen-bond donors (Lipinski definition) is 2. The zero-order chi connectivity index (χ0) is 20.5. The van der Waals surface area contributed by atoms with Crippen LogP contribution in [0.25, 0.3) is 0 Å². The molecule has 1 heterocycles. The molecule has 0 saturated carbocycles. The van der Waals surface area contributed by atoms with Crippen molar-refractivity contribution in [3.8, 4) is 5.75 Å². The number of aliphatic imine (C=N–C) groups is 1. The molecule has 0 radical (unpaired) electrons. The Labute approximate surface area is 164 Å². The molecule has 2 rings (SSSR count). The lowest BCUT2D eigenvalue weighted by Gasteiger charge is -2.17.